The number of methoxy groups -OCH3 is 1. The van der Waals surface area contributed by atoms with E-state index in [4.69, 9.17) is 4.74 Å². The van der Waals surface area contributed by atoms with E-state index in [0.29, 0.717) is 18.2 Å². The first-order valence-electron chi connectivity index (χ1n) is 6.95. The van der Waals surface area contributed by atoms with Crippen molar-refractivity contribution in [1.82, 2.24) is 0 Å². The lowest BCUT2D eigenvalue weighted by atomic mass is 9.97. The molecular formula is C15H19BrF3NO. The van der Waals surface area contributed by atoms with Crippen LogP contribution < -0.4 is 4.90 Å². The van der Waals surface area contributed by atoms with Gasteiger partial charge in [-0.25, -0.2) is 0 Å². The van der Waals surface area contributed by atoms with Crippen LogP contribution in [0, 0.1) is 5.92 Å². The number of nitrogens with zero attached hydrogens (tertiary/aromatic N) is 1. The molecule has 0 bridgehead atoms. The number of hydrogen-bond acceptors (Lipinski definition) is 2. The van der Waals surface area contributed by atoms with Crippen LogP contribution in [0.1, 0.15) is 24.0 Å². The Morgan fingerprint density at radius 1 is 1.38 bits per heavy atom. The van der Waals surface area contributed by atoms with Gasteiger partial charge < -0.3 is 9.64 Å². The van der Waals surface area contributed by atoms with Crippen LogP contribution in [0.4, 0.5) is 18.9 Å². The highest BCUT2D eigenvalue weighted by atomic mass is 79.9. The van der Waals surface area contributed by atoms with Gasteiger partial charge in [-0.2, -0.15) is 13.2 Å². The highest BCUT2D eigenvalue weighted by Gasteiger charge is 2.34. The molecule has 0 radical (unpaired) electrons. The number of piperidine rings is 1. The van der Waals surface area contributed by atoms with Crippen molar-refractivity contribution in [3.63, 3.8) is 0 Å². The maximum Gasteiger partial charge on any atom is 0.416 e. The number of ether oxygens (including phenoxy) is 1. The van der Waals surface area contributed by atoms with Gasteiger partial charge in [-0.05, 0) is 36.5 Å². The van der Waals surface area contributed by atoms with Gasteiger partial charge in [0.1, 0.15) is 0 Å². The fraction of sp³-hybridized carbons (Fsp3) is 0.600. The van der Waals surface area contributed by atoms with E-state index >= 15 is 0 Å². The van der Waals surface area contributed by atoms with E-state index in [2.05, 4.69) is 15.9 Å². The smallest absolute Gasteiger partial charge is 0.384 e. The Hall–Kier alpha value is -0.750. The minimum absolute atomic E-state index is 0.203. The van der Waals surface area contributed by atoms with Crippen molar-refractivity contribution in [3.05, 3.63) is 29.3 Å². The predicted octanol–water partition coefficient (Wildman–Crippen LogP) is 4.46. The van der Waals surface area contributed by atoms with Crippen molar-refractivity contribution < 1.29 is 17.9 Å². The lowest BCUT2D eigenvalue weighted by molar-refractivity contribution is -0.138. The minimum atomic E-state index is -4.32. The summed E-state index contributed by atoms with van der Waals surface area (Å²) in [4.78, 5) is 2.03. The SMILES string of the molecule is COCC1CCCN(c2ccc(CBr)c(C(F)(F)F)c2)C1. The van der Waals surface area contributed by atoms with Crippen molar-refractivity contribution in [2.75, 3.05) is 31.7 Å². The number of anilines is 1. The number of benzene rings is 1. The second kappa shape index (κ2) is 7.01. The molecule has 1 saturated heterocycles. The maximum absolute atomic E-state index is 13.1. The van der Waals surface area contributed by atoms with Crippen LogP contribution in [-0.2, 0) is 16.2 Å². The lowest BCUT2D eigenvalue weighted by Gasteiger charge is -2.34. The third-order valence-corrected chi connectivity index (χ3v) is 4.43. The summed E-state index contributed by atoms with van der Waals surface area (Å²) in [5.41, 5.74) is 0.371. The van der Waals surface area contributed by atoms with E-state index < -0.39 is 11.7 Å². The molecule has 0 spiro atoms. The van der Waals surface area contributed by atoms with Gasteiger partial charge in [-0.3, -0.25) is 0 Å². The van der Waals surface area contributed by atoms with E-state index in [1.807, 2.05) is 4.90 Å². The van der Waals surface area contributed by atoms with Gasteiger partial charge in [-0.15, -0.1) is 0 Å². The molecule has 1 aliphatic heterocycles. The zero-order valence-corrected chi connectivity index (χ0v) is 13.5. The van der Waals surface area contributed by atoms with Crippen molar-refractivity contribution in [2.45, 2.75) is 24.3 Å². The maximum atomic E-state index is 13.1. The topological polar surface area (TPSA) is 12.5 Å². The molecule has 6 heteroatoms. The zero-order chi connectivity index (χ0) is 15.5. The Morgan fingerprint density at radius 3 is 2.76 bits per heavy atom. The number of halogens is 4. The van der Waals surface area contributed by atoms with Crippen LogP contribution in [-0.4, -0.2) is 26.8 Å². The van der Waals surface area contributed by atoms with Crippen LogP contribution >= 0.6 is 15.9 Å². The van der Waals surface area contributed by atoms with Crippen LogP contribution in [0.3, 0.4) is 0 Å². The van der Waals surface area contributed by atoms with Gasteiger partial charge in [0.25, 0.3) is 0 Å². The van der Waals surface area contributed by atoms with Crippen molar-refractivity contribution >= 4 is 21.6 Å². The van der Waals surface area contributed by atoms with Crippen LogP contribution in [0.15, 0.2) is 18.2 Å². The molecule has 0 aliphatic carbocycles. The monoisotopic (exact) mass is 365 g/mol. The largest absolute Gasteiger partial charge is 0.416 e. The summed E-state index contributed by atoms with van der Waals surface area (Å²) in [5.74, 6) is 0.383. The van der Waals surface area contributed by atoms with Crippen molar-refractivity contribution in [2.24, 2.45) is 5.92 Å². The van der Waals surface area contributed by atoms with E-state index in [1.54, 1.807) is 19.2 Å². The molecule has 0 aromatic heterocycles. The van der Waals surface area contributed by atoms with Gasteiger partial charge in [0, 0.05) is 31.2 Å². The van der Waals surface area contributed by atoms with Crippen molar-refractivity contribution in [1.29, 1.82) is 0 Å². The van der Waals surface area contributed by atoms with Gasteiger partial charge in [0.05, 0.1) is 12.2 Å². The molecule has 1 heterocycles. The summed E-state index contributed by atoms with van der Waals surface area (Å²) >= 11 is 3.12. The highest BCUT2D eigenvalue weighted by molar-refractivity contribution is 9.08. The minimum Gasteiger partial charge on any atom is -0.384 e. The Labute approximate surface area is 131 Å². The molecule has 0 N–H and O–H groups in total. The molecule has 1 fully saturated rings. The second-order valence-electron chi connectivity index (χ2n) is 5.38. The lowest BCUT2D eigenvalue weighted by Crippen LogP contribution is -2.37. The van der Waals surface area contributed by atoms with Gasteiger partial charge in [0.2, 0.25) is 0 Å². The fourth-order valence-corrected chi connectivity index (χ4v) is 3.30. The van der Waals surface area contributed by atoms with E-state index in [9.17, 15) is 13.2 Å². The van der Waals surface area contributed by atoms with E-state index in [-0.39, 0.29) is 10.9 Å². The molecular weight excluding hydrogens is 347 g/mol. The normalized spacial score (nSPS) is 19.9. The Kier molecular flexibility index (Phi) is 5.54. The standard InChI is InChI=1S/C15H19BrF3NO/c1-21-10-11-3-2-6-20(9-11)13-5-4-12(8-16)14(7-13)15(17,18)19/h4-5,7,11H,2-3,6,8-10H2,1H3. The van der Waals surface area contributed by atoms with Crippen LogP contribution in [0.5, 0.6) is 0 Å². The molecule has 1 unspecified atom stereocenters. The summed E-state index contributed by atoms with van der Waals surface area (Å²) in [5, 5.41) is 0.203. The average molecular weight is 366 g/mol. The van der Waals surface area contributed by atoms with Crippen LogP contribution in [0.25, 0.3) is 0 Å². The molecule has 1 aromatic carbocycles. The molecule has 1 atom stereocenters. The van der Waals surface area contributed by atoms with Crippen LogP contribution in [0.2, 0.25) is 0 Å². The van der Waals surface area contributed by atoms with Gasteiger partial charge in [0.15, 0.2) is 0 Å². The Balaban J connectivity index is 2.24. The molecule has 2 rings (SSSR count). The summed E-state index contributed by atoms with van der Waals surface area (Å²) in [6.07, 6.45) is -2.27. The molecule has 0 amide bonds. The fourth-order valence-electron chi connectivity index (χ4n) is 2.81. The average Bonchev–Trinajstić information content (AvgIpc) is 2.46. The first-order valence-corrected chi connectivity index (χ1v) is 8.07. The Bertz CT molecular complexity index is 476. The molecule has 0 saturated carbocycles. The molecule has 118 valence electrons. The van der Waals surface area contributed by atoms with E-state index in [0.717, 1.165) is 25.9 Å². The summed E-state index contributed by atoms with van der Waals surface area (Å²) in [7, 11) is 1.66. The molecule has 1 aliphatic rings. The molecule has 21 heavy (non-hydrogen) atoms. The summed E-state index contributed by atoms with van der Waals surface area (Å²) in [6.45, 7) is 2.20. The predicted molar refractivity (Wildman–Crippen MR) is 80.9 cm³/mol. The van der Waals surface area contributed by atoms with Gasteiger partial charge >= 0.3 is 6.18 Å². The number of alkyl halides is 4. The Morgan fingerprint density at radius 2 is 2.14 bits per heavy atom. The summed E-state index contributed by atoms with van der Waals surface area (Å²) in [6, 6.07) is 4.61. The zero-order valence-electron chi connectivity index (χ0n) is 11.9. The third kappa shape index (κ3) is 4.13. The molecule has 2 nitrogen and oxygen atoms in total. The third-order valence-electron chi connectivity index (χ3n) is 3.83. The first-order chi connectivity index (χ1) is 9.95. The number of rotatable bonds is 4. The number of hydrogen-bond donors (Lipinski definition) is 0. The van der Waals surface area contributed by atoms with E-state index in [1.165, 1.54) is 6.07 Å². The summed E-state index contributed by atoms with van der Waals surface area (Å²) < 4.78 is 44.5. The highest BCUT2D eigenvalue weighted by Crippen LogP contribution is 2.36. The quantitative estimate of drug-likeness (QED) is 0.730. The van der Waals surface area contributed by atoms with Gasteiger partial charge in [-0.1, -0.05) is 22.0 Å². The molecule has 1 aromatic rings. The van der Waals surface area contributed by atoms with Crippen molar-refractivity contribution in [3.8, 4) is 0 Å². The second-order valence-corrected chi connectivity index (χ2v) is 5.94. The first kappa shape index (κ1) is 16.6.